The molecule has 0 bridgehead atoms. The third kappa shape index (κ3) is 6.24. The van der Waals surface area contributed by atoms with E-state index in [1.807, 2.05) is 48.7 Å². The minimum Gasteiger partial charge on any atom is -0.481 e. The van der Waals surface area contributed by atoms with Gasteiger partial charge in [-0.3, -0.25) is 4.79 Å². The van der Waals surface area contributed by atoms with Crippen molar-refractivity contribution in [1.82, 2.24) is 8.87 Å². The van der Waals surface area contributed by atoms with Gasteiger partial charge in [0.05, 0.1) is 24.3 Å². The Balaban J connectivity index is 1.93. The molecule has 1 fully saturated rings. The highest BCUT2D eigenvalue weighted by Gasteiger charge is 2.39. The van der Waals surface area contributed by atoms with Gasteiger partial charge in [-0.25, -0.2) is 12.8 Å². The topological polar surface area (TPSA) is 120 Å². The fourth-order valence-electron chi connectivity index (χ4n) is 5.11. The van der Waals surface area contributed by atoms with Crippen molar-refractivity contribution in [3.63, 3.8) is 0 Å². The van der Waals surface area contributed by atoms with Crippen molar-refractivity contribution in [1.29, 1.82) is 0 Å². The molecule has 1 saturated heterocycles. The first kappa shape index (κ1) is 28.9. The predicted molar refractivity (Wildman–Crippen MR) is 146 cm³/mol. The van der Waals surface area contributed by atoms with Crippen LogP contribution in [0.15, 0.2) is 59.5 Å². The maximum Gasteiger partial charge on any atom is 0.305 e. The normalized spacial score (nSPS) is 15.7. The molecule has 0 spiro atoms. The van der Waals surface area contributed by atoms with E-state index in [0.29, 0.717) is 41.2 Å². The molecule has 0 amide bonds. The number of carboxylic acid groups (broad SMARTS) is 1. The van der Waals surface area contributed by atoms with Crippen LogP contribution in [-0.4, -0.2) is 63.9 Å². The number of aliphatic hydroxyl groups is 2. The Morgan fingerprint density at radius 2 is 1.62 bits per heavy atom. The summed E-state index contributed by atoms with van der Waals surface area (Å²) in [5, 5.41) is 29.6. The molecule has 2 aromatic carbocycles. The lowest BCUT2D eigenvalue weighted by Gasteiger charge is -2.30. The highest BCUT2D eigenvalue weighted by atomic mass is 32.2. The molecule has 2 unspecified atom stereocenters. The van der Waals surface area contributed by atoms with Crippen molar-refractivity contribution < 1.29 is 32.9 Å². The first-order chi connectivity index (χ1) is 18.5. The Morgan fingerprint density at radius 3 is 2.15 bits per heavy atom. The van der Waals surface area contributed by atoms with E-state index in [9.17, 15) is 27.8 Å². The Labute approximate surface area is 228 Å². The third-order valence-electron chi connectivity index (χ3n) is 7.04. The van der Waals surface area contributed by atoms with Crippen molar-refractivity contribution in [2.75, 3.05) is 13.1 Å². The Morgan fingerprint density at radius 1 is 0.974 bits per heavy atom. The van der Waals surface area contributed by atoms with Gasteiger partial charge < -0.3 is 19.9 Å². The molecule has 39 heavy (non-hydrogen) atoms. The number of nitrogens with zero attached hydrogens (tertiary/aromatic N) is 2. The van der Waals surface area contributed by atoms with Crippen molar-refractivity contribution in [2.24, 2.45) is 0 Å². The summed E-state index contributed by atoms with van der Waals surface area (Å²) in [6.45, 7) is 4.90. The SMILES string of the molecule is CC(C)c1c(S(=O)(=O)N2CCC2)c(-c2ccccc2)c(-c2ccc(F)cc2)n1CCC(O)CC(O)CC(=O)O. The number of benzene rings is 2. The van der Waals surface area contributed by atoms with E-state index in [2.05, 4.69) is 0 Å². The van der Waals surface area contributed by atoms with Gasteiger partial charge in [0, 0.05) is 30.9 Å². The van der Waals surface area contributed by atoms with E-state index in [1.165, 1.54) is 16.4 Å². The Hall–Kier alpha value is -3.05. The van der Waals surface area contributed by atoms with Crippen LogP contribution in [0, 0.1) is 5.82 Å². The van der Waals surface area contributed by atoms with Crippen LogP contribution in [0.3, 0.4) is 0 Å². The summed E-state index contributed by atoms with van der Waals surface area (Å²) in [5.41, 5.74) is 3.04. The first-order valence-corrected chi connectivity index (χ1v) is 14.6. The molecule has 10 heteroatoms. The summed E-state index contributed by atoms with van der Waals surface area (Å²) in [6, 6.07) is 15.1. The number of halogens is 1. The summed E-state index contributed by atoms with van der Waals surface area (Å²) in [5.74, 6) is -1.80. The monoisotopic (exact) mass is 558 g/mol. The molecule has 8 nitrogen and oxygen atoms in total. The van der Waals surface area contributed by atoms with Gasteiger partial charge in [-0.1, -0.05) is 44.2 Å². The van der Waals surface area contributed by atoms with Gasteiger partial charge in [-0.2, -0.15) is 4.31 Å². The largest absolute Gasteiger partial charge is 0.481 e. The lowest BCUT2D eigenvalue weighted by atomic mass is 10.0. The lowest BCUT2D eigenvalue weighted by molar-refractivity contribution is -0.139. The number of carbonyl (C=O) groups is 1. The average molecular weight is 559 g/mol. The highest BCUT2D eigenvalue weighted by Crippen LogP contribution is 2.46. The van der Waals surface area contributed by atoms with Crippen LogP contribution in [0.4, 0.5) is 4.39 Å². The van der Waals surface area contributed by atoms with E-state index < -0.39 is 40.4 Å². The van der Waals surface area contributed by atoms with Crippen molar-refractivity contribution >= 4 is 16.0 Å². The quantitative estimate of drug-likeness (QED) is 0.302. The third-order valence-corrected chi connectivity index (χ3v) is 9.01. The molecule has 3 aromatic rings. The number of rotatable bonds is 12. The molecule has 3 N–H and O–H groups in total. The fraction of sp³-hybridized carbons (Fsp3) is 0.414. The van der Waals surface area contributed by atoms with E-state index in [4.69, 9.17) is 5.11 Å². The fourth-order valence-corrected chi connectivity index (χ4v) is 7.19. The smallest absolute Gasteiger partial charge is 0.305 e. The molecule has 0 radical (unpaired) electrons. The van der Waals surface area contributed by atoms with Gasteiger partial charge in [-0.15, -0.1) is 0 Å². The minimum atomic E-state index is -3.87. The number of aliphatic hydroxyl groups excluding tert-OH is 2. The first-order valence-electron chi connectivity index (χ1n) is 13.2. The minimum absolute atomic E-state index is 0.124. The zero-order chi connectivity index (χ0) is 28.3. The van der Waals surface area contributed by atoms with Gasteiger partial charge in [-0.05, 0) is 60.6 Å². The zero-order valence-corrected chi connectivity index (χ0v) is 22.9. The van der Waals surface area contributed by atoms with Gasteiger partial charge in [0.2, 0.25) is 10.0 Å². The van der Waals surface area contributed by atoms with Gasteiger partial charge in [0.1, 0.15) is 10.7 Å². The van der Waals surface area contributed by atoms with Crippen LogP contribution in [0.1, 0.15) is 51.1 Å². The second-order valence-corrected chi connectivity index (χ2v) is 12.2. The maximum atomic E-state index is 14.1. The number of carboxylic acids is 1. The Kier molecular flexibility index (Phi) is 8.90. The lowest BCUT2D eigenvalue weighted by Crippen LogP contribution is -2.42. The van der Waals surface area contributed by atoms with Crippen molar-refractivity contribution in [3.05, 3.63) is 66.1 Å². The molecule has 0 aliphatic carbocycles. The van der Waals surface area contributed by atoms with Crippen molar-refractivity contribution in [2.45, 2.75) is 69.1 Å². The van der Waals surface area contributed by atoms with E-state index in [1.54, 1.807) is 12.1 Å². The summed E-state index contributed by atoms with van der Waals surface area (Å²) in [7, 11) is -3.87. The second kappa shape index (κ2) is 12.0. The summed E-state index contributed by atoms with van der Waals surface area (Å²) in [4.78, 5) is 11.1. The molecular weight excluding hydrogens is 523 g/mol. The molecule has 1 aromatic heterocycles. The van der Waals surface area contributed by atoms with E-state index in [-0.39, 0.29) is 30.2 Å². The number of aromatic nitrogens is 1. The second-order valence-electron chi connectivity index (χ2n) is 10.3. The number of sulfonamides is 1. The molecule has 2 atom stereocenters. The van der Waals surface area contributed by atoms with Gasteiger partial charge >= 0.3 is 5.97 Å². The standard InChI is InChI=1S/C29H35FN2O6S/c1-19(2)27-29(39(37,38)31-14-6-15-31)26(20-7-4-3-5-8-20)28(21-9-11-22(30)12-10-21)32(27)16-13-23(33)17-24(34)18-25(35)36/h3-5,7-12,19,23-24,33-34H,6,13-18H2,1-2H3,(H,35,36). The molecule has 0 saturated carbocycles. The van der Waals surface area contributed by atoms with Crippen LogP contribution in [0.2, 0.25) is 0 Å². The summed E-state index contributed by atoms with van der Waals surface area (Å²) in [6.07, 6.45) is -1.89. The van der Waals surface area contributed by atoms with Crippen LogP contribution < -0.4 is 0 Å². The van der Waals surface area contributed by atoms with Crippen LogP contribution in [0.25, 0.3) is 22.4 Å². The van der Waals surface area contributed by atoms with Crippen LogP contribution >= 0.6 is 0 Å². The predicted octanol–water partition coefficient (Wildman–Crippen LogP) is 4.46. The average Bonchev–Trinajstić information content (AvgIpc) is 3.18. The molecule has 2 heterocycles. The maximum absolute atomic E-state index is 14.1. The molecular formula is C29H35FN2O6S. The summed E-state index contributed by atoms with van der Waals surface area (Å²) >= 11 is 0. The molecule has 210 valence electrons. The van der Waals surface area contributed by atoms with Gasteiger partial charge in [0.25, 0.3) is 0 Å². The molecule has 1 aliphatic heterocycles. The van der Waals surface area contributed by atoms with Crippen molar-refractivity contribution in [3.8, 4) is 22.4 Å². The summed E-state index contributed by atoms with van der Waals surface area (Å²) < 4.78 is 45.5. The number of hydrogen-bond acceptors (Lipinski definition) is 5. The van der Waals surface area contributed by atoms with E-state index >= 15 is 0 Å². The number of aliphatic carboxylic acids is 1. The van der Waals surface area contributed by atoms with E-state index in [0.717, 1.165) is 6.42 Å². The van der Waals surface area contributed by atoms with Gasteiger partial charge in [0.15, 0.2) is 0 Å². The number of hydrogen-bond donors (Lipinski definition) is 3. The molecule has 1 aliphatic rings. The van der Waals surface area contributed by atoms with Crippen LogP contribution in [-0.2, 0) is 21.4 Å². The highest BCUT2D eigenvalue weighted by molar-refractivity contribution is 7.89. The Bertz CT molecular complexity index is 1400. The molecule has 4 rings (SSSR count). The van der Waals surface area contributed by atoms with Crippen LogP contribution in [0.5, 0.6) is 0 Å². The zero-order valence-electron chi connectivity index (χ0n) is 22.1.